The molecule has 2 aliphatic rings. The number of hydrogen-bond acceptors (Lipinski definition) is 4. The molecule has 0 aliphatic carbocycles. The van der Waals surface area contributed by atoms with Crippen molar-refractivity contribution in [3.8, 4) is 0 Å². The molecule has 3 heterocycles. The quantitative estimate of drug-likeness (QED) is 0.842. The number of urea groups is 1. The first-order valence-electron chi connectivity index (χ1n) is 9.20. The molecular formula is C17H30N6O. The molecule has 0 radical (unpaired) electrons. The molecule has 1 aromatic rings. The van der Waals surface area contributed by atoms with Gasteiger partial charge < -0.3 is 14.4 Å². The topological polar surface area (TPSA) is 57.5 Å². The van der Waals surface area contributed by atoms with Gasteiger partial charge in [0.2, 0.25) is 0 Å². The summed E-state index contributed by atoms with van der Waals surface area (Å²) < 4.78 is 2.30. The van der Waals surface area contributed by atoms with Crippen molar-refractivity contribution in [2.24, 2.45) is 0 Å². The summed E-state index contributed by atoms with van der Waals surface area (Å²) in [6.45, 7) is 7.97. The molecule has 134 valence electrons. The molecular weight excluding hydrogens is 304 g/mol. The Morgan fingerprint density at radius 3 is 2.38 bits per heavy atom. The fourth-order valence-corrected chi connectivity index (χ4v) is 3.87. The van der Waals surface area contributed by atoms with Crippen molar-refractivity contribution in [2.75, 3.05) is 40.3 Å². The Hall–Kier alpha value is -1.63. The van der Waals surface area contributed by atoms with Gasteiger partial charge in [0, 0.05) is 39.6 Å². The van der Waals surface area contributed by atoms with Gasteiger partial charge in [0.15, 0.2) is 0 Å². The van der Waals surface area contributed by atoms with Gasteiger partial charge in [0.25, 0.3) is 0 Å². The highest BCUT2D eigenvalue weighted by atomic mass is 16.2. The highest BCUT2D eigenvalue weighted by Gasteiger charge is 2.28. The molecule has 0 bridgehead atoms. The zero-order valence-corrected chi connectivity index (χ0v) is 15.2. The van der Waals surface area contributed by atoms with E-state index in [1.54, 1.807) is 4.90 Å². The van der Waals surface area contributed by atoms with E-state index in [2.05, 4.69) is 26.6 Å². The normalized spacial score (nSPS) is 19.9. The first-order valence-corrected chi connectivity index (χ1v) is 9.20. The molecule has 7 nitrogen and oxygen atoms in total. The van der Waals surface area contributed by atoms with E-state index >= 15 is 0 Å². The lowest BCUT2D eigenvalue weighted by atomic mass is 9.96. The third kappa shape index (κ3) is 3.55. The van der Waals surface area contributed by atoms with Gasteiger partial charge in [-0.25, -0.2) is 4.79 Å². The van der Waals surface area contributed by atoms with Crippen LogP contribution in [-0.4, -0.2) is 75.8 Å². The van der Waals surface area contributed by atoms with Crippen molar-refractivity contribution in [1.29, 1.82) is 0 Å². The minimum Gasteiger partial charge on any atom is -0.331 e. The Morgan fingerprint density at radius 1 is 1.12 bits per heavy atom. The highest BCUT2D eigenvalue weighted by Crippen LogP contribution is 2.28. The lowest BCUT2D eigenvalue weighted by Crippen LogP contribution is -2.43. The molecule has 3 rings (SSSR count). The van der Waals surface area contributed by atoms with E-state index in [0.717, 1.165) is 50.7 Å². The van der Waals surface area contributed by atoms with Crippen LogP contribution >= 0.6 is 0 Å². The molecule has 2 fully saturated rings. The maximum atomic E-state index is 12.1. The van der Waals surface area contributed by atoms with Crippen LogP contribution in [0.25, 0.3) is 0 Å². The second-order valence-corrected chi connectivity index (χ2v) is 7.14. The summed E-state index contributed by atoms with van der Waals surface area (Å²) in [6, 6.07) is 0.111. The summed E-state index contributed by atoms with van der Waals surface area (Å²) in [4.78, 5) is 18.1. The molecule has 0 saturated carbocycles. The Kier molecular flexibility index (Phi) is 5.38. The predicted octanol–water partition coefficient (Wildman–Crippen LogP) is 1.75. The Morgan fingerprint density at radius 2 is 1.79 bits per heavy atom. The van der Waals surface area contributed by atoms with Crippen molar-refractivity contribution in [3.63, 3.8) is 0 Å². The standard InChI is InChI=1S/C17H30N6O/c1-4-23-15(13-21-9-5-6-10-21)18-19-16(23)14-7-11-22(12-8-14)17(24)20(2)3/h14H,4-13H2,1-3H3. The van der Waals surface area contributed by atoms with Crippen LogP contribution in [0, 0.1) is 0 Å². The van der Waals surface area contributed by atoms with Crippen LogP contribution in [0.4, 0.5) is 4.79 Å². The third-order valence-electron chi connectivity index (χ3n) is 5.25. The number of amides is 2. The van der Waals surface area contributed by atoms with Crippen LogP contribution in [0.5, 0.6) is 0 Å². The minimum absolute atomic E-state index is 0.111. The van der Waals surface area contributed by atoms with E-state index in [1.165, 1.54) is 25.9 Å². The largest absolute Gasteiger partial charge is 0.331 e. The summed E-state index contributed by atoms with van der Waals surface area (Å²) >= 11 is 0. The molecule has 0 N–H and O–H groups in total. The first kappa shape index (κ1) is 17.2. The first-order chi connectivity index (χ1) is 11.6. The number of carbonyl (C=O) groups excluding carboxylic acids is 1. The van der Waals surface area contributed by atoms with E-state index in [0.29, 0.717) is 5.92 Å². The second kappa shape index (κ2) is 7.51. The maximum Gasteiger partial charge on any atom is 0.319 e. The number of aromatic nitrogens is 3. The number of hydrogen-bond donors (Lipinski definition) is 0. The van der Waals surface area contributed by atoms with Crippen LogP contribution < -0.4 is 0 Å². The summed E-state index contributed by atoms with van der Waals surface area (Å²) in [6.07, 6.45) is 4.54. The highest BCUT2D eigenvalue weighted by molar-refractivity contribution is 5.73. The summed E-state index contributed by atoms with van der Waals surface area (Å²) in [5.74, 6) is 2.63. The van der Waals surface area contributed by atoms with Crippen LogP contribution in [0.3, 0.4) is 0 Å². The van der Waals surface area contributed by atoms with E-state index < -0.39 is 0 Å². The molecule has 1 aromatic heterocycles. The molecule has 2 saturated heterocycles. The average molecular weight is 334 g/mol. The molecule has 24 heavy (non-hydrogen) atoms. The fourth-order valence-electron chi connectivity index (χ4n) is 3.87. The van der Waals surface area contributed by atoms with Gasteiger partial charge in [-0.05, 0) is 45.7 Å². The number of likely N-dealkylation sites (tertiary alicyclic amines) is 2. The number of piperidine rings is 1. The van der Waals surface area contributed by atoms with Crippen molar-refractivity contribution in [3.05, 3.63) is 11.6 Å². The van der Waals surface area contributed by atoms with E-state index in [-0.39, 0.29) is 6.03 Å². The second-order valence-electron chi connectivity index (χ2n) is 7.14. The van der Waals surface area contributed by atoms with Gasteiger partial charge in [-0.1, -0.05) is 0 Å². The fraction of sp³-hybridized carbons (Fsp3) is 0.824. The van der Waals surface area contributed by atoms with Gasteiger partial charge in [0.05, 0.1) is 6.54 Å². The van der Waals surface area contributed by atoms with Gasteiger partial charge >= 0.3 is 6.03 Å². The van der Waals surface area contributed by atoms with E-state index in [4.69, 9.17) is 0 Å². The van der Waals surface area contributed by atoms with Crippen LogP contribution in [-0.2, 0) is 13.1 Å². The van der Waals surface area contributed by atoms with Gasteiger partial charge in [-0.2, -0.15) is 0 Å². The maximum absolute atomic E-state index is 12.1. The van der Waals surface area contributed by atoms with Crippen LogP contribution in [0.2, 0.25) is 0 Å². The predicted molar refractivity (Wildman–Crippen MR) is 92.8 cm³/mol. The SMILES string of the molecule is CCn1c(CN2CCCC2)nnc1C1CCN(C(=O)N(C)C)CC1. The van der Waals surface area contributed by atoms with Gasteiger partial charge in [-0.15, -0.1) is 10.2 Å². The van der Waals surface area contributed by atoms with Crippen molar-refractivity contribution >= 4 is 6.03 Å². The van der Waals surface area contributed by atoms with E-state index in [1.807, 2.05) is 19.0 Å². The Balaban J connectivity index is 1.65. The number of carbonyl (C=O) groups is 1. The van der Waals surface area contributed by atoms with Crippen LogP contribution in [0.1, 0.15) is 50.2 Å². The van der Waals surface area contributed by atoms with Crippen molar-refractivity contribution in [2.45, 2.75) is 51.6 Å². The molecule has 0 aromatic carbocycles. The summed E-state index contributed by atoms with van der Waals surface area (Å²) in [5.41, 5.74) is 0. The molecule has 0 unspecified atom stereocenters. The molecule has 0 atom stereocenters. The van der Waals surface area contributed by atoms with E-state index in [9.17, 15) is 4.79 Å². The minimum atomic E-state index is 0.111. The zero-order valence-electron chi connectivity index (χ0n) is 15.2. The molecule has 2 amide bonds. The molecule has 7 heteroatoms. The molecule has 0 spiro atoms. The number of nitrogens with zero attached hydrogens (tertiary/aromatic N) is 6. The Labute approximate surface area is 144 Å². The van der Waals surface area contributed by atoms with Crippen molar-refractivity contribution < 1.29 is 4.79 Å². The summed E-state index contributed by atoms with van der Waals surface area (Å²) in [7, 11) is 3.62. The zero-order chi connectivity index (χ0) is 17.1. The summed E-state index contributed by atoms with van der Waals surface area (Å²) in [5, 5.41) is 9.02. The van der Waals surface area contributed by atoms with Crippen molar-refractivity contribution in [1.82, 2.24) is 29.5 Å². The smallest absolute Gasteiger partial charge is 0.319 e. The van der Waals surface area contributed by atoms with Gasteiger partial charge in [0.1, 0.15) is 11.6 Å². The lowest BCUT2D eigenvalue weighted by Gasteiger charge is -2.33. The van der Waals surface area contributed by atoms with Crippen LogP contribution in [0.15, 0.2) is 0 Å². The monoisotopic (exact) mass is 334 g/mol. The van der Waals surface area contributed by atoms with Gasteiger partial charge in [-0.3, -0.25) is 4.90 Å². The Bertz CT molecular complexity index is 555. The third-order valence-corrected chi connectivity index (χ3v) is 5.25. The molecule has 2 aliphatic heterocycles. The lowest BCUT2D eigenvalue weighted by molar-refractivity contribution is 0.155. The average Bonchev–Trinajstić information content (AvgIpc) is 3.24. The number of rotatable bonds is 4.